The van der Waals surface area contributed by atoms with Crippen LogP contribution >= 0.6 is 23.2 Å². The van der Waals surface area contributed by atoms with Gasteiger partial charge in [-0.05, 0) is 87.6 Å². The molecule has 2 aromatic carbocycles. The van der Waals surface area contributed by atoms with Crippen LogP contribution in [-0.2, 0) is 29.1 Å². The lowest BCUT2D eigenvalue weighted by molar-refractivity contribution is -0.137. The standard InChI is InChI=1S/C19H17Cl2NO4.C12H9F2N5O2S/c1-2-26-19(25)16(21)10-11-9-12(7-8-15(11)20)22-17(23)13-5-3-4-6-14(13)18(22)24;1-7-5-6-19-11(15-7)16-12(17-19)22(20,21)18-10-8(13)3-2-4-9(10)14/h7-10H,2-6H2,1H3;2-6,18H,1H3/b16-10-;. The smallest absolute Gasteiger partial charge is 0.349 e. The van der Waals surface area contributed by atoms with E-state index in [0.717, 1.165) is 35.6 Å². The number of sulfonamides is 1. The Labute approximate surface area is 283 Å². The molecule has 48 heavy (non-hydrogen) atoms. The zero-order valence-corrected chi connectivity index (χ0v) is 27.7. The number of carbonyl (C=O) groups is 3. The first kappa shape index (κ1) is 34.6. The highest BCUT2D eigenvalue weighted by Crippen LogP contribution is 2.37. The minimum atomic E-state index is -4.35. The summed E-state index contributed by atoms with van der Waals surface area (Å²) in [6, 6.07) is 9.34. The molecule has 0 spiro atoms. The number of rotatable bonds is 7. The van der Waals surface area contributed by atoms with Crippen molar-refractivity contribution < 1.29 is 36.3 Å². The molecule has 17 heteroatoms. The maximum atomic E-state index is 13.5. The lowest BCUT2D eigenvalue weighted by atomic mass is 9.93. The largest absolute Gasteiger partial charge is 0.462 e. The highest BCUT2D eigenvalue weighted by molar-refractivity contribution is 7.92. The molecule has 0 bridgehead atoms. The molecule has 0 fully saturated rings. The monoisotopic (exact) mass is 718 g/mol. The Hall–Kier alpha value is -4.73. The summed E-state index contributed by atoms with van der Waals surface area (Å²) in [6.45, 7) is 3.58. The first-order valence-corrected chi connectivity index (χ1v) is 16.7. The molecular weight excluding hydrogens is 693 g/mol. The average Bonchev–Trinajstić information content (AvgIpc) is 3.59. The molecule has 0 unspecified atom stereocenters. The van der Waals surface area contributed by atoms with Gasteiger partial charge in [-0.1, -0.05) is 29.3 Å². The Bertz CT molecular complexity index is 2090. The number of amides is 2. The van der Waals surface area contributed by atoms with Gasteiger partial charge in [0.05, 0.1) is 12.3 Å². The van der Waals surface area contributed by atoms with Gasteiger partial charge in [0.1, 0.15) is 22.4 Å². The van der Waals surface area contributed by atoms with Gasteiger partial charge in [-0.15, -0.1) is 5.10 Å². The third kappa shape index (κ3) is 7.22. The number of fused-ring (bicyclic) bond motifs is 1. The summed E-state index contributed by atoms with van der Waals surface area (Å²) in [4.78, 5) is 45.9. The lowest BCUT2D eigenvalue weighted by Crippen LogP contribution is -2.31. The maximum Gasteiger partial charge on any atom is 0.349 e. The van der Waals surface area contributed by atoms with Gasteiger partial charge in [0.15, 0.2) is 0 Å². The number of imide groups is 1. The molecule has 12 nitrogen and oxygen atoms in total. The number of hydrogen-bond donors (Lipinski definition) is 1. The predicted octanol–water partition coefficient (Wildman–Crippen LogP) is 5.74. The van der Waals surface area contributed by atoms with Gasteiger partial charge in [0.2, 0.25) is 0 Å². The third-order valence-corrected chi connectivity index (χ3v) is 8.88. The Morgan fingerprint density at radius 1 is 1.04 bits per heavy atom. The van der Waals surface area contributed by atoms with E-state index in [1.54, 1.807) is 42.8 Å². The maximum absolute atomic E-state index is 13.5. The number of benzene rings is 2. The van der Waals surface area contributed by atoms with Crippen molar-refractivity contribution >= 4 is 74.2 Å². The zero-order valence-electron chi connectivity index (χ0n) is 25.3. The van der Waals surface area contributed by atoms with Crippen LogP contribution in [0.15, 0.2) is 70.0 Å². The second-order valence-electron chi connectivity index (χ2n) is 10.4. The fourth-order valence-corrected chi connectivity index (χ4v) is 6.18. The van der Waals surface area contributed by atoms with Gasteiger partial charge in [-0.2, -0.15) is 13.4 Å². The fourth-order valence-electron chi connectivity index (χ4n) is 4.89. The van der Waals surface area contributed by atoms with Gasteiger partial charge in [-0.3, -0.25) is 14.3 Å². The van der Waals surface area contributed by atoms with Gasteiger partial charge >= 0.3 is 5.97 Å². The molecule has 0 atom stereocenters. The quantitative estimate of drug-likeness (QED) is 0.143. The van der Waals surface area contributed by atoms with Gasteiger partial charge in [0, 0.05) is 28.1 Å². The van der Waals surface area contributed by atoms with Crippen molar-refractivity contribution in [1.82, 2.24) is 19.6 Å². The number of ether oxygens (including phenoxy) is 1. The molecule has 2 aromatic heterocycles. The SMILES string of the molecule is CCOC(=O)/C(Cl)=C/c1cc(N2C(=O)C3=C(CCCC3)C2=O)ccc1Cl.Cc1ccn2nc(S(=O)(=O)Nc3c(F)cccc3F)nc2n1. The van der Waals surface area contributed by atoms with E-state index in [1.165, 1.54) is 17.2 Å². The van der Waals surface area contributed by atoms with Crippen LogP contribution in [-0.4, -0.2) is 52.4 Å². The molecule has 6 rings (SSSR count). The number of aromatic nitrogens is 4. The van der Waals surface area contributed by atoms with Crippen molar-refractivity contribution in [2.75, 3.05) is 16.2 Å². The van der Waals surface area contributed by atoms with Gasteiger partial charge in [-0.25, -0.2) is 28.0 Å². The van der Waals surface area contributed by atoms with E-state index >= 15 is 0 Å². The molecule has 1 N–H and O–H groups in total. The van der Waals surface area contributed by atoms with Crippen molar-refractivity contribution in [3.05, 3.63) is 92.8 Å². The van der Waals surface area contributed by atoms with Crippen LogP contribution in [0.3, 0.4) is 0 Å². The molecule has 0 saturated carbocycles. The highest BCUT2D eigenvalue weighted by Gasteiger charge is 2.39. The van der Waals surface area contributed by atoms with Crippen molar-refractivity contribution in [3.8, 4) is 0 Å². The normalized spacial score (nSPS) is 15.0. The summed E-state index contributed by atoms with van der Waals surface area (Å²) < 4.78 is 59.1. The molecule has 0 saturated heterocycles. The van der Waals surface area contributed by atoms with E-state index in [2.05, 4.69) is 15.1 Å². The van der Waals surface area contributed by atoms with Crippen LogP contribution in [0.5, 0.6) is 0 Å². The van der Waals surface area contributed by atoms with Crippen LogP contribution in [0.25, 0.3) is 11.9 Å². The first-order valence-electron chi connectivity index (χ1n) is 14.4. The fraction of sp³-hybridized carbons (Fsp3) is 0.226. The summed E-state index contributed by atoms with van der Waals surface area (Å²) in [5.74, 6) is -3.24. The zero-order chi connectivity index (χ0) is 34.7. The minimum Gasteiger partial charge on any atom is -0.462 e. The van der Waals surface area contributed by atoms with Crippen LogP contribution < -0.4 is 9.62 Å². The molecule has 1 aliphatic heterocycles. The molecular formula is C31H26Cl2F2N6O6S. The topological polar surface area (TPSA) is 153 Å². The number of nitrogens with one attached hydrogen (secondary N) is 1. The number of esters is 1. The van der Waals surface area contributed by atoms with Crippen molar-refractivity contribution in [3.63, 3.8) is 0 Å². The number of aryl methyl sites for hydroxylation is 1. The van der Waals surface area contributed by atoms with Crippen LogP contribution in [0.4, 0.5) is 20.2 Å². The van der Waals surface area contributed by atoms with Crippen molar-refractivity contribution in [1.29, 1.82) is 0 Å². The van der Waals surface area contributed by atoms with Crippen molar-refractivity contribution in [2.24, 2.45) is 0 Å². The molecule has 4 aromatic rings. The number of anilines is 2. The third-order valence-electron chi connectivity index (χ3n) is 7.15. The summed E-state index contributed by atoms with van der Waals surface area (Å²) in [5, 5.41) is 3.30. The van der Waals surface area contributed by atoms with Crippen molar-refractivity contribution in [2.45, 2.75) is 44.7 Å². The molecule has 1 aliphatic carbocycles. The molecule has 2 amide bonds. The van der Waals surface area contributed by atoms with Crippen LogP contribution in [0, 0.1) is 18.6 Å². The highest BCUT2D eigenvalue weighted by atomic mass is 35.5. The molecule has 2 aliphatic rings. The summed E-state index contributed by atoms with van der Waals surface area (Å²) in [5.41, 5.74) is 1.88. The number of para-hydroxylation sites is 1. The van der Waals surface area contributed by atoms with Gasteiger partial charge in [0.25, 0.3) is 32.8 Å². The first-order chi connectivity index (χ1) is 22.8. The summed E-state index contributed by atoms with van der Waals surface area (Å²) in [7, 11) is -4.35. The van der Waals surface area contributed by atoms with E-state index in [0.29, 0.717) is 46.0 Å². The lowest BCUT2D eigenvalue weighted by Gasteiger charge is -2.16. The van der Waals surface area contributed by atoms with E-state index in [9.17, 15) is 31.6 Å². The van der Waals surface area contributed by atoms with E-state index in [4.69, 9.17) is 27.9 Å². The van der Waals surface area contributed by atoms with Gasteiger partial charge < -0.3 is 4.74 Å². The molecule has 3 heterocycles. The molecule has 0 radical (unpaired) electrons. The van der Waals surface area contributed by atoms with E-state index in [1.807, 2.05) is 0 Å². The second-order valence-corrected chi connectivity index (χ2v) is 12.8. The Morgan fingerprint density at radius 2 is 1.69 bits per heavy atom. The average molecular weight is 720 g/mol. The number of carbonyl (C=O) groups excluding carboxylic acids is 3. The summed E-state index contributed by atoms with van der Waals surface area (Å²) in [6.07, 6.45) is 5.93. The second kappa shape index (κ2) is 14.2. The number of nitrogens with zero attached hydrogens (tertiary/aromatic N) is 5. The van der Waals surface area contributed by atoms with Crippen LogP contribution in [0.2, 0.25) is 5.02 Å². The number of halogens is 4. The molecule has 250 valence electrons. The minimum absolute atomic E-state index is 0.0642. The van der Waals surface area contributed by atoms with Crippen LogP contribution in [0.1, 0.15) is 43.9 Å². The summed E-state index contributed by atoms with van der Waals surface area (Å²) >= 11 is 12.1. The van der Waals surface area contributed by atoms with E-state index in [-0.39, 0.29) is 29.2 Å². The Morgan fingerprint density at radius 3 is 2.31 bits per heavy atom. The Balaban J connectivity index is 0.000000190. The predicted molar refractivity (Wildman–Crippen MR) is 173 cm³/mol. The van der Waals surface area contributed by atoms with E-state index < -0.39 is 38.5 Å². The Kier molecular flexibility index (Phi) is 10.2. The number of hydrogen-bond acceptors (Lipinski definition) is 9.